The predicted octanol–water partition coefficient (Wildman–Crippen LogP) is 2.70. The van der Waals surface area contributed by atoms with E-state index in [1.54, 1.807) is 17.0 Å². The molecule has 3 N–H and O–H groups in total. The van der Waals surface area contributed by atoms with E-state index in [-0.39, 0.29) is 29.8 Å². The second-order valence-corrected chi connectivity index (χ2v) is 8.88. The van der Waals surface area contributed by atoms with Gasteiger partial charge in [0.2, 0.25) is 5.91 Å². The van der Waals surface area contributed by atoms with Gasteiger partial charge in [0, 0.05) is 31.2 Å². The van der Waals surface area contributed by atoms with E-state index in [1.807, 2.05) is 46.8 Å². The third-order valence-electron chi connectivity index (χ3n) is 5.28. The van der Waals surface area contributed by atoms with E-state index in [0.29, 0.717) is 44.0 Å². The Morgan fingerprint density at radius 3 is 2.13 bits per heavy atom. The molecule has 2 rings (SSSR count). The quantitative estimate of drug-likeness (QED) is 0.638. The summed E-state index contributed by atoms with van der Waals surface area (Å²) in [6, 6.07) is 6.70. The Morgan fingerprint density at radius 2 is 1.60 bits per heavy atom. The fourth-order valence-electron chi connectivity index (χ4n) is 3.52. The summed E-state index contributed by atoms with van der Waals surface area (Å²) < 4.78 is 0. The summed E-state index contributed by atoms with van der Waals surface area (Å²) >= 11 is 0. The molecule has 7 nitrogen and oxygen atoms in total. The second kappa shape index (κ2) is 11.0. The van der Waals surface area contributed by atoms with Crippen molar-refractivity contribution in [3.05, 3.63) is 35.4 Å². The lowest BCUT2D eigenvalue weighted by Crippen LogP contribution is -2.55. The van der Waals surface area contributed by atoms with Gasteiger partial charge in [-0.1, -0.05) is 31.5 Å². The van der Waals surface area contributed by atoms with Crippen LogP contribution in [0, 0.1) is 18.8 Å². The molecule has 0 spiro atoms. The molecule has 0 aliphatic carbocycles. The zero-order chi connectivity index (χ0) is 22.3. The summed E-state index contributed by atoms with van der Waals surface area (Å²) in [7, 11) is 0. The zero-order valence-corrected chi connectivity index (χ0v) is 18.8. The first-order valence-electron chi connectivity index (χ1n) is 10.9. The van der Waals surface area contributed by atoms with Gasteiger partial charge in [-0.3, -0.25) is 9.59 Å². The fraction of sp³-hybridized carbons (Fsp3) is 0.609. The summed E-state index contributed by atoms with van der Waals surface area (Å²) in [5, 5.41) is 8.82. The molecule has 1 saturated heterocycles. The predicted molar refractivity (Wildman–Crippen MR) is 118 cm³/mol. The average molecular weight is 417 g/mol. The molecule has 7 heteroatoms. The van der Waals surface area contributed by atoms with E-state index >= 15 is 0 Å². The molecule has 1 fully saturated rings. The summed E-state index contributed by atoms with van der Waals surface area (Å²) in [5.41, 5.74) is 1.61. The molecule has 166 valence electrons. The van der Waals surface area contributed by atoms with Crippen LogP contribution >= 0.6 is 0 Å². The molecular formula is C23H36N4O3. The van der Waals surface area contributed by atoms with E-state index in [2.05, 4.69) is 16.0 Å². The van der Waals surface area contributed by atoms with Crippen LogP contribution in [0.25, 0.3) is 0 Å². The van der Waals surface area contributed by atoms with Crippen LogP contribution < -0.4 is 16.0 Å². The highest BCUT2D eigenvalue weighted by atomic mass is 16.2. The number of carbonyl (C=O) groups excluding carboxylic acids is 3. The van der Waals surface area contributed by atoms with Gasteiger partial charge in [-0.15, -0.1) is 0 Å². The van der Waals surface area contributed by atoms with Crippen molar-refractivity contribution in [1.29, 1.82) is 0 Å². The number of nitrogens with zero attached hydrogens (tertiary/aromatic N) is 1. The number of likely N-dealkylation sites (tertiary alicyclic amines) is 1. The number of benzene rings is 1. The molecule has 0 radical (unpaired) electrons. The highest BCUT2D eigenvalue weighted by Crippen LogP contribution is 2.22. The van der Waals surface area contributed by atoms with Gasteiger partial charge in [0.1, 0.15) is 6.04 Å². The van der Waals surface area contributed by atoms with Gasteiger partial charge in [0.25, 0.3) is 5.91 Å². The molecule has 1 atom stereocenters. The molecule has 4 amide bonds. The van der Waals surface area contributed by atoms with Crippen LogP contribution in [0.4, 0.5) is 4.79 Å². The highest BCUT2D eigenvalue weighted by Gasteiger charge is 2.34. The molecule has 30 heavy (non-hydrogen) atoms. The zero-order valence-electron chi connectivity index (χ0n) is 18.8. The monoisotopic (exact) mass is 416 g/mol. The Morgan fingerprint density at radius 1 is 1.00 bits per heavy atom. The van der Waals surface area contributed by atoms with Gasteiger partial charge >= 0.3 is 6.03 Å². The van der Waals surface area contributed by atoms with Crippen molar-refractivity contribution >= 4 is 17.8 Å². The Bertz CT molecular complexity index is 722. The number of hydrogen-bond donors (Lipinski definition) is 3. The number of carbonyl (C=O) groups is 3. The maximum absolute atomic E-state index is 12.9. The number of urea groups is 1. The van der Waals surface area contributed by atoms with Crippen molar-refractivity contribution in [3.63, 3.8) is 0 Å². The molecule has 0 bridgehead atoms. The van der Waals surface area contributed by atoms with E-state index in [0.717, 1.165) is 5.56 Å². The van der Waals surface area contributed by atoms with Gasteiger partial charge in [0.15, 0.2) is 0 Å². The first-order chi connectivity index (χ1) is 14.2. The third-order valence-corrected chi connectivity index (χ3v) is 5.28. The SMILES string of the molecule is Cc1ccc(C(=O)N[C@@H](C(=O)NCC(C)C)C2CCN(C(=O)NC(C)C)CC2)cc1. The number of aryl methyl sites for hydroxylation is 1. The summed E-state index contributed by atoms with van der Waals surface area (Å²) in [6.45, 7) is 11.6. The average Bonchev–Trinajstić information content (AvgIpc) is 2.70. The maximum atomic E-state index is 12.9. The minimum Gasteiger partial charge on any atom is -0.354 e. The highest BCUT2D eigenvalue weighted by molar-refractivity contribution is 5.97. The Labute approximate surface area is 180 Å². The van der Waals surface area contributed by atoms with Crippen LogP contribution in [0.1, 0.15) is 56.5 Å². The first kappa shape index (κ1) is 23.7. The summed E-state index contributed by atoms with van der Waals surface area (Å²) in [5.74, 6) is -0.104. The van der Waals surface area contributed by atoms with Crippen LogP contribution in [0.5, 0.6) is 0 Å². The maximum Gasteiger partial charge on any atom is 0.317 e. The van der Waals surface area contributed by atoms with Crippen molar-refractivity contribution in [2.24, 2.45) is 11.8 Å². The van der Waals surface area contributed by atoms with Crippen LogP contribution in [0.3, 0.4) is 0 Å². The van der Waals surface area contributed by atoms with Crippen molar-refractivity contribution in [2.75, 3.05) is 19.6 Å². The Balaban J connectivity index is 2.06. The van der Waals surface area contributed by atoms with Gasteiger partial charge < -0.3 is 20.9 Å². The molecular weight excluding hydrogens is 380 g/mol. The normalized spacial score (nSPS) is 15.8. The topological polar surface area (TPSA) is 90.5 Å². The smallest absolute Gasteiger partial charge is 0.317 e. The van der Waals surface area contributed by atoms with E-state index in [4.69, 9.17) is 0 Å². The third kappa shape index (κ3) is 7.04. The number of rotatable bonds is 7. The summed E-state index contributed by atoms with van der Waals surface area (Å²) in [4.78, 5) is 39.7. The van der Waals surface area contributed by atoms with Crippen molar-refractivity contribution in [2.45, 2.75) is 59.5 Å². The first-order valence-corrected chi connectivity index (χ1v) is 10.9. The van der Waals surface area contributed by atoms with Gasteiger partial charge in [-0.25, -0.2) is 4.79 Å². The minimum absolute atomic E-state index is 0.0188. The molecule has 0 unspecified atom stereocenters. The largest absolute Gasteiger partial charge is 0.354 e. The van der Waals surface area contributed by atoms with Gasteiger partial charge in [0.05, 0.1) is 0 Å². The number of piperidine rings is 1. The van der Waals surface area contributed by atoms with Crippen LogP contribution in [0.15, 0.2) is 24.3 Å². The second-order valence-electron chi connectivity index (χ2n) is 8.88. The lowest BCUT2D eigenvalue weighted by atomic mass is 9.88. The van der Waals surface area contributed by atoms with Crippen LogP contribution in [0.2, 0.25) is 0 Å². The Kier molecular flexibility index (Phi) is 8.69. The van der Waals surface area contributed by atoms with E-state index in [1.165, 1.54) is 0 Å². The molecule has 0 saturated carbocycles. The number of amides is 4. The molecule has 1 aromatic rings. The van der Waals surface area contributed by atoms with Crippen molar-refractivity contribution in [1.82, 2.24) is 20.9 Å². The van der Waals surface area contributed by atoms with Gasteiger partial charge in [-0.05, 0) is 57.6 Å². The van der Waals surface area contributed by atoms with E-state index < -0.39 is 6.04 Å². The lowest BCUT2D eigenvalue weighted by molar-refractivity contribution is -0.124. The number of hydrogen-bond acceptors (Lipinski definition) is 3. The summed E-state index contributed by atoms with van der Waals surface area (Å²) in [6.07, 6.45) is 1.33. The molecule has 1 aliphatic heterocycles. The number of nitrogens with one attached hydrogen (secondary N) is 3. The molecule has 1 heterocycles. The minimum atomic E-state index is -0.618. The van der Waals surface area contributed by atoms with Crippen LogP contribution in [-0.4, -0.2) is 54.5 Å². The fourth-order valence-corrected chi connectivity index (χ4v) is 3.52. The molecule has 0 aromatic heterocycles. The molecule has 1 aromatic carbocycles. The van der Waals surface area contributed by atoms with Crippen molar-refractivity contribution < 1.29 is 14.4 Å². The Hall–Kier alpha value is -2.57. The van der Waals surface area contributed by atoms with E-state index in [9.17, 15) is 14.4 Å². The lowest BCUT2D eigenvalue weighted by Gasteiger charge is -2.36. The van der Waals surface area contributed by atoms with Crippen molar-refractivity contribution in [3.8, 4) is 0 Å². The van der Waals surface area contributed by atoms with Gasteiger partial charge in [-0.2, -0.15) is 0 Å². The molecule has 1 aliphatic rings. The van der Waals surface area contributed by atoms with Crippen LogP contribution in [-0.2, 0) is 4.79 Å². The standard InChI is InChI=1S/C23H36N4O3/c1-15(2)14-24-22(29)20(26-21(28)19-8-6-17(5)7-9-19)18-10-12-27(13-11-18)23(30)25-16(3)4/h6-9,15-16,18,20H,10-14H2,1-5H3,(H,24,29)(H,25,30)(H,26,28)/t20-/m1/s1.